The first kappa shape index (κ1) is 5.69. The quantitative estimate of drug-likeness (QED) is 0.488. The number of likely N-dealkylation sites (tertiary alicyclic amines) is 1. The van der Waals surface area contributed by atoms with Gasteiger partial charge in [0.1, 0.15) is 0 Å². The molecule has 2 rings (SSSR count). The Morgan fingerprint density at radius 1 is 1.44 bits per heavy atom. The number of fused-ring (bicyclic) bond motifs is 1. The lowest BCUT2D eigenvalue weighted by molar-refractivity contribution is 0.308. The van der Waals surface area contributed by atoms with E-state index in [9.17, 15) is 0 Å². The molecule has 0 aliphatic carbocycles. The highest BCUT2D eigenvalue weighted by atomic mass is 15.2. The van der Waals surface area contributed by atoms with E-state index >= 15 is 0 Å². The Balaban J connectivity index is 2.07. The normalized spacial score (nSPS) is 43.7. The van der Waals surface area contributed by atoms with E-state index < -0.39 is 0 Å². The van der Waals surface area contributed by atoms with Crippen molar-refractivity contribution in [2.75, 3.05) is 26.7 Å². The summed E-state index contributed by atoms with van der Waals surface area (Å²) < 4.78 is 0. The largest absolute Gasteiger partial charge is 0.315 e. The number of hydrogen-bond donors (Lipinski definition) is 1. The molecule has 2 heteroatoms. The molecule has 0 radical (unpaired) electrons. The molecule has 2 nitrogen and oxygen atoms in total. The Labute approximate surface area is 56.2 Å². The van der Waals surface area contributed by atoms with Gasteiger partial charge in [0.05, 0.1) is 0 Å². The molecule has 2 heterocycles. The predicted molar refractivity (Wildman–Crippen MR) is 37.4 cm³/mol. The van der Waals surface area contributed by atoms with Gasteiger partial charge in [-0.15, -0.1) is 0 Å². The van der Waals surface area contributed by atoms with Crippen LogP contribution in [-0.2, 0) is 0 Å². The zero-order chi connectivity index (χ0) is 6.27. The van der Waals surface area contributed by atoms with Crippen LogP contribution in [0.3, 0.4) is 0 Å². The van der Waals surface area contributed by atoms with Crippen LogP contribution in [0.4, 0.5) is 0 Å². The van der Waals surface area contributed by atoms with E-state index in [1.807, 2.05) is 0 Å². The second-order valence-electron chi connectivity index (χ2n) is 3.25. The summed E-state index contributed by atoms with van der Waals surface area (Å²) in [6, 6.07) is 0.866. The lowest BCUT2D eigenvalue weighted by Gasteiger charge is -2.16. The summed E-state index contributed by atoms with van der Waals surface area (Å²) in [4.78, 5) is 2.48. The fourth-order valence-electron chi connectivity index (χ4n) is 2.06. The first-order valence-electron chi connectivity index (χ1n) is 3.79. The second-order valence-corrected chi connectivity index (χ2v) is 3.25. The highest BCUT2D eigenvalue weighted by Crippen LogP contribution is 2.24. The van der Waals surface area contributed by atoms with Crippen LogP contribution in [0.1, 0.15) is 6.42 Å². The third-order valence-electron chi connectivity index (χ3n) is 2.72. The van der Waals surface area contributed by atoms with Crippen LogP contribution < -0.4 is 5.32 Å². The average Bonchev–Trinajstić information content (AvgIpc) is 2.35. The number of likely N-dealkylation sites (N-methyl/N-ethyl adjacent to an activating group) is 1. The lowest BCUT2D eigenvalue weighted by Crippen LogP contribution is -2.30. The summed E-state index contributed by atoms with van der Waals surface area (Å²) >= 11 is 0. The highest BCUT2D eigenvalue weighted by molar-refractivity contribution is 4.92. The van der Waals surface area contributed by atoms with Gasteiger partial charge >= 0.3 is 0 Å². The molecule has 52 valence electrons. The van der Waals surface area contributed by atoms with Crippen LogP contribution >= 0.6 is 0 Å². The van der Waals surface area contributed by atoms with Crippen LogP contribution in [0.25, 0.3) is 0 Å². The maximum atomic E-state index is 3.41. The third-order valence-corrected chi connectivity index (χ3v) is 2.72. The molecule has 0 saturated carbocycles. The van der Waals surface area contributed by atoms with E-state index in [0.29, 0.717) is 0 Å². The second kappa shape index (κ2) is 1.96. The molecular formula is C7H14N2. The standard InChI is InChI=1S/C7H14N2/c1-9-3-2-6-4-8-5-7(6)9/h6-8H,2-5H2,1H3/t6-,7?/m0/s1. The van der Waals surface area contributed by atoms with Gasteiger partial charge in [-0.25, -0.2) is 0 Å². The minimum absolute atomic E-state index is 0.866. The minimum atomic E-state index is 0.866. The number of nitrogens with one attached hydrogen (secondary N) is 1. The Hall–Kier alpha value is -0.0800. The molecule has 2 atom stereocenters. The van der Waals surface area contributed by atoms with E-state index in [0.717, 1.165) is 12.0 Å². The van der Waals surface area contributed by atoms with E-state index in [1.165, 1.54) is 26.1 Å². The molecule has 2 aliphatic heterocycles. The topological polar surface area (TPSA) is 15.3 Å². The van der Waals surface area contributed by atoms with Gasteiger partial charge in [-0.3, -0.25) is 0 Å². The Bertz CT molecular complexity index is 113. The minimum Gasteiger partial charge on any atom is -0.315 e. The van der Waals surface area contributed by atoms with Crippen molar-refractivity contribution < 1.29 is 0 Å². The summed E-state index contributed by atoms with van der Waals surface area (Å²) in [5.41, 5.74) is 0. The van der Waals surface area contributed by atoms with Gasteiger partial charge in [0.25, 0.3) is 0 Å². The van der Waals surface area contributed by atoms with E-state index in [4.69, 9.17) is 0 Å². The number of hydrogen-bond acceptors (Lipinski definition) is 2. The lowest BCUT2D eigenvalue weighted by atomic mass is 10.1. The first-order valence-corrected chi connectivity index (χ1v) is 3.79. The van der Waals surface area contributed by atoms with Crippen LogP contribution in [0.2, 0.25) is 0 Å². The molecule has 0 aromatic rings. The van der Waals surface area contributed by atoms with Gasteiger partial charge in [-0.2, -0.15) is 0 Å². The van der Waals surface area contributed by atoms with Crippen molar-refractivity contribution in [3.05, 3.63) is 0 Å². The van der Waals surface area contributed by atoms with E-state index in [1.54, 1.807) is 0 Å². The zero-order valence-corrected chi connectivity index (χ0v) is 5.93. The first-order chi connectivity index (χ1) is 4.38. The maximum Gasteiger partial charge on any atom is 0.0258 e. The van der Waals surface area contributed by atoms with Gasteiger partial charge in [0.15, 0.2) is 0 Å². The van der Waals surface area contributed by atoms with Crippen molar-refractivity contribution in [1.82, 2.24) is 10.2 Å². The van der Waals surface area contributed by atoms with Crippen molar-refractivity contribution in [3.63, 3.8) is 0 Å². The molecule has 2 saturated heterocycles. The summed E-state index contributed by atoms with van der Waals surface area (Å²) in [7, 11) is 2.23. The molecule has 0 amide bonds. The van der Waals surface area contributed by atoms with Crippen molar-refractivity contribution in [2.45, 2.75) is 12.5 Å². The Morgan fingerprint density at radius 2 is 2.33 bits per heavy atom. The SMILES string of the molecule is CN1CC[C@H]2CNCC21. The average molecular weight is 126 g/mol. The molecule has 0 bridgehead atoms. The van der Waals surface area contributed by atoms with Gasteiger partial charge in [-0.05, 0) is 32.5 Å². The summed E-state index contributed by atoms with van der Waals surface area (Å²) in [5, 5.41) is 3.41. The molecule has 9 heavy (non-hydrogen) atoms. The molecule has 2 fully saturated rings. The van der Waals surface area contributed by atoms with Gasteiger partial charge in [-0.1, -0.05) is 0 Å². The Morgan fingerprint density at radius 3 is 3.11 bits per heavy atom. The van der Waals surface area contributed by atoms with Crippen molar-refractivity contribution in [2.24, 2.45) is 5.92 Å². The van der Waals surface area contributed by atoms with E-state index in [-0.39, 0.29) is 0 Å². The summed E-state index contributed by atoms with van der Waals surface area (Å²) in [5.74, 6) is 0.968. The number of rotatable bonds is 0. The van der Waals surface area contributed by atoms with Gasteiger partial charge in [0, 0.05) is 12.6 Å². The smallest absolute Gasteiger partial charge is 0.0258 e. The molecule has 0 spiro atoms. The summed E-state index contributed by atoms with van der Waals surface area (Å²) in [6.45, 7) is 3.80. The predicted octanol–water partition coefficient (Wildman–Crippen LogP) is -0.0901. The van der Waals surface area contributed by atoms with Gasteiger partial charge in [0.2, 0.25) is 0 Å². The molecular weight excluding hydrogens is 112 g/mol. The maximum absolute atomic E-state index is 3.41. The summed E-state index contributed by atoms with van der Waals surface area (Å²) in [6.07, 6.45) is 1.41. The van der Waals surface area contributed by atoms with Crippen LogP contribution in [-0.4, -0.2) is 37.6 Å². The monoisotopic (exact) mass is 126 g/mol. The fraction of sp³-hybridized carbons (Fsp3) is 1.00. The van der Waals surface area contributed by atoms with E-state index in [2.05, 4.69) is 17.3 Å². The third kappa shape index (κ3) is 0.775. The molecule has 0 aromatic heterocycles. The highest BCUT2D eigenvalue weighted by Gasteiger charge is 2.34. The van der Waals surface area contributed by atoms with Crippen molar-refractivity contribution in [3.8, 4) is 0 Å². The van der Waals surface area contributed by atoms with Crippen molar-refractivity contribution in [1.29, 1.82) is 0 Å². The van der Waals surface area contributed by atoms with Crippen molar-refractivity contribution >= 4 is 0 Å². The molecule has 1 unspecified atom stereocenters. The van der Waals surface area contributed by atoms with Crippen LogP contribution in [0, 0.1) is 5.92 Å². The molecule has 2 aliphatic rings. The Kier molecular flexibility index (Phi) is 1.24. The zero-order valence-electron chi connectivity index (χ0n) is 5.93. The number of nitrogens with zero attached hydrogens (tertiary/aromatic N) is 1. The molecule has 0 aromatic carbocycles. The van der Waals surface area contributed by atoms with Crippen LogP contribution in [0.5, 0.6) is 0 Å². The molecule has 1 N–H and O–H groups in total. The fourth-order valence-corrected chi connectivity index (χ4v) is 2.06. The van der Waals surface area contributed by atoms with Gasteiger partial charge < -0.3 is 10.2 Å². The van der Waals surface area contributed by atoms with Crippen LogP contribution in [0.15, 0.2) is 0 Å².